The molecule has 0 fully saturated rings. The zero-order valence-electron chi connectivity index (χ0n) is 10.0. The lowest BCUT2D eigenvalue weighted by molar-refractivity contribution is 0.111. The molecular weight excluding hydrogens is 202 g/mol. The molecule has 0 aliphatic heterocycles. The van der Waals surface area contributed by atoms with Crippen LogP contribution in [0.15, 0.2) is 24.3 Å². The molecule has 16 heavy (non-hydrogen) atoms. The Balaban J connectivity index is 2.51. The van der Waals surface area contributed by atoms with Gasteiger partial charge in [0.15, 0.2) is 0 Å². The van der Waals surface area contributed by atoms with E-state index in [0.29, 0.717) is 0 Å². The Hall–Kier alpha value is -0.900. The molecule has 1 rings (SSSR count). The maximum absolute atomic E-state index is 9.53. The number of rotatable bonds is 6. The molecule has 0 heterocycles. The van der Waals surface area contributed by atoms with E-state index < -0.39 is 6.10 Å². The van der Waals surface area contributed by atoms with E-state index in [0.717, 1.165) is 18.4 Å². The lowest BCUT2D eigenvalue weighted by Crippen LogP contribution is -2.11. The summed E-state index contributed by atoms with van der Waals surface area (Å²) >= 11 is 0. The molecule has 0 aliphatic carbocycles. The summed E-state index contributed by atoms with van der Waals surface area (Å²) in [7, 11) is 1.73. The number of aliphatic hydroxyl groups excluding tert-OH is 1. The van der Waals surface area contributed by atoms with Crippen molar-refractivity contribution in [3.8, 4) is 0 Å². The number of aryl methyl sites for hydroxylation is 1. The van der Waals surface area contributed by atoms with Crippen LogP contribution in [-0.4, -0.2) is 24.9 Å². The van der Waals surface area contributed by atoms with E-state index in [1.54, 1.807) is 7.11 Å². The van der Waals surface area contributed by atoms with E-state index in [9.17, 15) is 5.11 Å². The Morgan fingerprint density at radius 1 is 1.31 bits per heavy atom. The summed E-state index contributed by atoms with van der Waals surface area (Å²) in [6.45, 7) is 2.33. The van der Waals surface area contributed by atoms with Crippen molar-refractivity contribution in [3.63, 3.8) is 0 Å². The average molecular weight is 223 g/mol. The van der Waals surface area contributed by atoms with Crippen LogP contribution in [-0.2, 0) is 11.2 Å². The number of ether oxygens (including phenoxy) is 1. The molecule has 90 valence electrons. The van der Waals surface area contributed by atoms with Crippen LogP contribution < -0.4 is 5.73 Å². The van der Waals surface area contributed by atoms with Gasteiger partial charge in [-0.15, -0.1) is 0 Å². The number of hydrogen-bond acceptors (Lipinski definition) is 3. The fourth-order valence-electron chi connectivity index (χ4n) is 1.53. The molecule has 0 aliphatic rings. The Kier molecular flexibility index (Phi) is 5.46. The van der Waals surface area contributed by atoms with E-state index in [-0.39, 0.29) is 12.6 Å². The lowest BCUT2D eigenvalue weighted by atomic mass is 10.0. The van der Waals surface area contributed by atoms with Crippen LogP contribution in [0.1, 0.15) is 30.6 Å². The molecule has 2 atom stereocenters. The van der Waals surface area contributed by atoms with E-state index in [2.05, 4.69) is 6.92 Å². The normalized spacial score (nSPS) is 14.8. The summed E-state index contributed by atoms with van der Waals surface area (Å²) in [5.74, 6) is 0. The average Bonchev–Trinajstić information content (AvgIpc) is 2.35. The summed E-state index contributed by atoms with van der Waals surface area (Å²) < 4.78 is 5.19. The second-order valence-corrected chi connectivity index (χ2v) is 4.08. The Morgan fingerprint density at radius 3 is 2.44 bits per heavy atom. The summed E-state index contributed by atoms with van der Waals surface area (Å²) in [6.07, 6.45) is 1.74. The first kappa shape index (κ1) is 13.2. The highest BCUT2D eigenvalue weighted by Crippen LogP contribution is 2.14. The lowest BCUT2D eigenvalue weighted by Gasteiger charge is -2.11. The minimum atomic E-state index is -0.549. The summed E-state index contributed by atoms with van der Waals surface area (Å²) in [5.41, 5.74) is 7.53. The molecule has 2 unspecified atom stereocenters. The second kappa shape index (κ2) is 6.63. The third kappa shape index (κ3) is 3.93. The van der Waals surface area contributed by atoms with Gasteiger partial charge in [-0.3, -0.25) is 0 Å². The Bertz CT molecular complexity index is 297. The summed E-state index contributed by atoms with van der Waals surface area (Å²) in [4.78, 5) is 0. The molecule has 3 nitrogen and oxygen atoms in total. The van der Waals surface area contributed by atoms with Crippen LogP contribution in [0.5, 0.6) is 0 Å². The predicted molar refractivity (Wildman–Crippen MR) is 65.2 cm³/mol. The molecule has 0 amide bonds. The number of benzene rings is 1. The standard InChI is InChI=1S/C13H21NO2/c1-10(16-2)3-4-11-5-7-12(8-6-11)13(15)9-14/h5-8,10,13,15H,3-4,9,14H2,1-2H3. The van der Waals surface area contributed by atoms with Gasteiger partial charge < -0.3 is 15.6 Å². The van der Waals surface area contributed by atoms with Gasteiger partial charge in [-0.2, -0.15) is 0 Å². The van der Waals surface area contributed by atoms with E-state index in [1.807, 2.05) is 24.3 Å². The van der Waals surface area contributed by atoms with Crippen molar-refractivity contribution in [1.29, 1.82) is 0 Å². The zero-order chi connectivity index (χ0) is 12.0. The zero-order valence-corrected chi connectivity index (χ0v) is 10.0. The number of aliphatic hydroxyl groups is 1. The van der Waals surface area contributed by atoms with Gasteiger partial charge in [-0.1, -0.05) is 24.3 Å². The van der Waals surface area contributed by atoms with Gasteiger partial charge in [-0.05, 0) is 30.9 Å². The topological polar surface area (TPSA) is 55.5 Å². The first-order valence-corrected chi connectivity index (χ1v) is 5.67. The highest BCUT2D eigenvalue weighted by atomic mass is 16.5. The van der Waals surface area contributed by atoms with Crippen molar-refractivity contribution in [2.24, 2.45) is 5.73 Å². The molecule has 0 radical (unpaired) electrons. The molecule has 3 N–H and O–H groups in total. The smallest absolute Gasteiger partial charge is 0.0912 e. The molecule has 0 spiro atoms. The quantitative estimate of drug-likeness (QED) is 0.771. The van der Waals surface area contributed by atoms with Gasteiger partial charge in [-0.25, -0.2) is 0 Å². The fraction of sp³-hybridized carbons (Fsp3) is 0.538. The van der Waals surface area contributed by atoms with E-state index in [1.165, 1.54) is 5.56 Å². The molecule has 0 saturated carbocycles. The predicted octanol–water partition coefficient (Wildman–Crippen LogP) is 1.65. The van der Waals surface area contributed by atoms with Crippen molar-refractivity contribution in [2.45, 2.75) is 32.0 Å². The van der Waals surface area contributed by atoms with Crippen molar-refractivity contribution in [3.05, 3.63) is 35.4 Å². The van der Waals surface area contributed by atoms with Crippen molar-refractivity contribution in [1.82, 2.24) is 0 Å². The van der Waals surface area contributed by atoms with Gasteiger partial charge in [0, 0.05) is 13.7 Å². The van der Waals surface area contributed by atoms with Crippen LogP contribution in [0.4, 0.5) is 0 Å². The molecule has 0 bridgehead atoms. The van der Waals surface area contributed by atoms with Gasteiger partial charge in [0.05, 0.1) is 12.2 Å². The number of methoxy groups -OCH3 is 1. The molecule has 0 aromatic heterocycles. The van der Waals surface area contributed by atoms with Crippen LogP contribution in [0.2, 0.25) is 0 Å². The number of nitrogens with two attached hydrogens (primary N) is 1. The third-order valence-corrected chi connectivity index (χ3v) is 2.83. The first-order chi connectivity index (χ1) is 7.67. The third-order valence-electron chi connectivity index (χ3n) is 2.83. The fourth-order valence-corrected chi connectivity index (χ4v) is 1.53. The Morgan fingerprint density at radius 2 is 1.94 bits per heavy atom. The highest BCUT2D eigenvalue weighted by molar-refractivity contribution is 5.24. The molecule has 1 aromatic carbocycles. The molecule has 0 saturated heterocycles. The van der Waals surface area contributed by atoms with Crippen molar-refractivity contribution < 1.29 is 9.84 Å². The minimum Gasteiger partial charge on any atom is -0.387 e. The maximum Gasteiger partial charge on any atom is 0.0912 e. The summed E-state index contributed by atoms with van der Waals surface area (Å²) in [6, 6.07) is 7.95. The maximum atomic E-state index is 9.53. The molecule has 1 aromatic rings. The van der Waals surface area contributed by atoms with Gasteiger partial charge in [0.1, 0.15) is 0 Å². The van der Waals surface area contributed by atoms with E-state index in [4.69, 9.17) is 10.5 Å². The van der Waals surface area contributed by atoms with Crippen LogP contribution in [0, 0.1) is 0 Å². The SMILES string of the molecule is COC(C)CCc1ccc(C(O)CN)cc1. The monoisotopic (exact) mass is 223 g/mol. The van der Waals surface area contributed by atoms with Crippen molar-refractivity contribution >= 4 is 0 Å². The van der Waals surface area contributed by atoms with Crippen LogP contribution in [0.3, 0.4) is 0 Å². The Labute approximate surface area is 97.2 Å². The first-order valence-electron chi connectivity index (χ1n) is 5.67. The van der Waals surface area contributed by atoms with Gasteiger partial charge >= 0.3 is 0 Å². The highest BCUT2D eigenvalue weighted by Gasteiger charge is 2.05. The van der Waals surface area contributed by atoms with Gasteiger partial charge in [0.2, 0.25) is 0 Å². The molecule has 3 heteroatoms. The van der Waals surface area contributed by atoms with Gasteiger partial charge in [0.25, 0.3) is 0 Å². The van der Waals surface area contributed by atoms with Crippen molar-refractivity contribution in [2.75, 3.05) is 13.7 Å². The second-order valence-electron chi connectivity index (χ2n) is 4.08. The minimum absolute atomic E-state index is 0.264. The van der Waals surface area contributed by atoms with Crippen LogP contribution in [0.25, 0.3) is 0 Å². The number of hydrogen-bond donors (Lipinski definition) is 2. The van der Waals surface area contributed by atoms with E-state index >= 15 is 0 Å². The van der Waals surface area contributed by atoms with Crippen LogP contribution >= 0.6 is 0 Å². The summed E-state index contributed by atoms with van der Waals surface area (Å²) in [5, 5.41) is 9.53. The largest absolute Gasteiger partial charge is 0.387 e. The molecular formula is C13H21NO2.